The Morgan fingerprint density at radius 1 is 1.58 bits per heavy atom. The lowest BCUT2D eigenvalue weighted by molar-refractivity contribution is -0.402. The number of nitrogens with zero attached hydrogens (tertiary/aromatic N) is 1. The van der Waals surface area contributed by atoms with Gasteiger partial charge in [0.2, 0.25) is 0 Å². The zero-order chi connectivity index (χ0) is 14.6. The Hall–Kier alpha value is -1.89. The number of carbonyl (C=O) groups is 1. The molecule has 0 radical (unpaired) electrons. The molecular formula is C12H18N2O5. The predicted octanol–water partition coefficient (Wildman–Crippen LogP) is 1.71. The van der Waals surface area contributed by atoms with E-state index < -0.39 is 22.8 Å². The summed E-state index contributed by atoms with van der Waals surface area (Å²) < 4.78 is 4.79. The molecule has 1 rings (SSSR count). The summed E-state index contributed by atoms with van der Waals surface area (Å²) >= 11 is 0. The van der Waals surface area contributed by atoms with E-state index in [9.17, 15) is 20.0 Å². The fraction of sp³-hybridized carbons (Fsp3) is 0.583. The van der Waals surface area contributed by atoms with E-state index in [2.05, 4.69) is 5.32 Å². The van der Waals surface area contributed by atoms with Crippen molar-refractivity contribution in [3.05, 3.63) is 28.0 Å². The Kier molecular flexibility index (Phi) is 4.66. The molecular weight excluding hydrogens is 252 g/mol. The highest BCUT2D eigenvalue weighted by molar-refractivity contribution is 5.91. The Morgan fingerprint density at radius 2 is 2.21 bits per heavy atom. The molecule has 1 atom stereocenters. The molecule has 1 amide bonds. The number of aliphatic hydroxyl groups excluding tert-OH is 1. The minimum atomic E-state index is -0.700. The number of furan rings is 1. The lowest BCUT2D eigenvalue weighted by atomic mass is 9.87. The van der Waals surface area contributed by atoms with Crippen molar-refractivity contribution in [1.82, 2.24) is 5.32 Å². The number of rotatable bonds is 6. The van der Waals surface area contributed by atoms with Gasteiger partial charge in [-0.3, -0.25) is 14.9 Å². The number of carbonyl (C=O) groups excluding carboxylic acids is 1. The average molecular weight is 270 g/mol. The van der Waals surface area contributed by atoms with Gasteiger partial charge >= 0.3 is 5.88 Å². The lowest BCUT2D eigenvalue weighted by Gasteiger charge is -2.26. The molecule has 0 aliphatic rings. The van der Waals surface area contributed by atoms with Crippen molar-refractivity contribution in [2.75, 3.05) is 6.54 Å². The number of nitrogens with one attached hydrogen (secondary N) is 1. The van der Waals surface area contributed by atoms with E-state index in [1.54, 1.807) is 6.92 Å². The Labute approximate surface area is 110 Å². The van der Waals surface area contributed by atoms with Crippen LogP contribution in [0.1, 0.15) is 37.7 Å². The molecule has 1 heterocycles. The van der Waals surface area contributed by atoms with Crippen LogP contribution in [0.5, 0.6) is 0 Å². The molecule has 0 saturated carbocycles. The van der Waals surface area contributed by atoms with Gasteiger partial charge in [-0.15, -0.1) is 0 Å². The first kappa shape index (κ1) is 15.2. The Morgan fingerprint density at radius 3 is 2.68 bits per heavy atom. The van der Waals surface area contributed by atoms with Gasteiger partial charge in [-0.25, -0.2) is 0 Å². The molecule has 0 bridgehead atoms. The van der Waals surface area contributed by atoms with E-state index in [0.717, 1.165) is 6.07 Å². The monoisotopic (exact) mass is 270 g/mol. The molecule has 0 saturated heterocycles. The molecule has 19 heavy (non-hydrogen) atoms. The van der Waals surface area contributed by atoms with Crippen molar-refractivity contribution in [3.63, 3.8) is 0 Å². The van der Waals surface area contributed by atoms with Crippen molar-refractivity contribution in [2.24, 2.45) is 5.41 Å². The third-order valence-electron chi connectivity index (χ3n) is 2.57. The molecule has 106 valence electrons. The molecule has 7 heteroatoms. The maximum absolute atomic E-state index is 11.7. The molecule has 0 fully saturated rings. The van der Waals surface area contributed by atoms with Crippen molar-refractivity contribution < 1.29 is 19.2 Å². The van der Waals surface area contributed by atoms with Crippen LogP contribution in [0, 0.1) is 15.5 Å². The van der Waals surface area contributed by atoms with Crippen LogP contribution in [0.3, 0.4) is 0 Å². The molecule has 0 aromatic carbocycles. The van der Waals surface area contributed by atoms with Gasteiger partial charge in [0, 0.05) is 6.54 Å². The highest BCUT2D eigenvalue weighted by atomic mass is 16.6. The lowest BCUT2D eigenvalue weighted by Crippen LogP contribution is -2.35. The van der Waals surface area contributed by atoms with E-state index >= 15 is 0 Å². The van der Waals surface area contributed by atoms with Crippen LogP contribution in [-0.2, 0) is 0 Å². The molecule has 1 aromatic rings. The van der Waals surface area contributed by atoms with Crippen molar-refractivity contribution in [2.45, 2.75) is 33.3 Å². The Bertz CT molecular complexity index is 464. The largest absolute Gasteiger partial charge is 0.433 e. The van der Waals surface area contributed by atoms with Crippen LogP contribution in [0.15, 0.2) is 16.5 Å². The maximum atomic E-state index is 11.7. The second kappa shape index (κ2) is 5.83. The van der Waals surface area contributed by atoms with E-state index in [4.69, 9.17) is 4.42 Å². The second-order valence-electron chi connectivity index (χ2n) is 5.30. The molecule has 0 aliphatic carbocycles. The highest BCUT2D eigenvalue weighted by Crippen LogP contribution is 2.21. The molecule has 0 aliphatic heterocycles. The zero-order valence-electron chi connectivity index (χ0n) is 11.2. The average Bonchev–Trinajstić information content (AvgIpc) is 2.73. The van der Waals surface area contributed by atoms with E-state index in [1.807, 2.05) is 13.8 Å². The van der Waals surface area contributed by atoms with Crippen LogP contribution in [0.4, 0.5) is 5.88 Å². The normalized spacial score (nSPS) is 13.1. The quantitative estimate of drug-likeness (QED) is 0.604. The van der Waals surface area contributed by atoms with Crippen LogP contribution < -0.4 is 5.32 Å². The first-order chi connectivity index (χ1) is 8.71. The summed E-state index contributed by atoms with van der Waals surface area (Å²) in [6, 6.07) is 2.39. The number of hydrogen-bond acceptors (Lipinski definition) is 5. The minimum absolute atomic E-state index is 0.0976. The van der Waals surface area contributed by atoms with Gasteiger partial charge in [0.25, 0.3) is 5.91 Å². The summed E-state index contributed by atoms with van der Waals surface area (Å²) in [5.41, 5.74) is -0.275. The smallest absolute Gasteiger partial charge is 0.395 e. The molecule has 2 N–H and O–H groups in total. The van der Waals surface area contributed by atoms with Crippen LogP contribution in [0.2, 0.25) is 0 Å². The number of amides is 1. The minimum Gasteiger partial charge on any atom is -0.395 e. The highest BCUT2D eigenvalue weighted by Gasteiger charge is 2.23. The van der Waals surface area contributed by atoms with Crippen LogP contribution in [0.25, 0.3) is 0 Å². The van der Waals surface area contributed by atoms with Crippen LogP contribution >= 0.6 is 0 Å². The number of nitro groups is 1. The van der Waals surface area contributed by atoms with Gasteiger partial charge in [0.1, 0.15) is 4.92 Å². The second-order valence-corrected chi connectivity index (χ2v) is 5.30. The van der Waals surface area contributed by atoms with E-state index in [0.29, 0.717) is 13.0 Å². The van der Waals surface area contributed by atoms with Gasteiger partial charge in [0.05, 0.1) is 12.2 Å². The van der Waals surface area contributed by atoms with Gasteiger partial charge in [-0.1, -0.05) is 13.8 Å². The summed E-state index contributed by atoms with van der Waals surface area (Å²) in [5, 5.41) is 22.4. The number of aliphatic hydroxyl groups is 1. The van der Waals surface area contributed by atoms with E-state index in [1.165, 1.54) is 6.07 Å². The summed E-state index contributed by atoms with van der Waals surface area (Å²) in [5.74, 6) is -1.07. The SMILES string of the molecule is CC(O)CC(C)(C)CNC(=O)c1ccc([N+](=O)[O-])o1. The molecule has 1 aromatic heterocycles. The maximum Gasteiger partial charge on any atom is 0.433 e. The number of hydrogen-bond donors (Lipinski definition) is 2. The summed E-state index contributed by atoms with van der Waals surface area (Å²) in [4.78, 5) is 21.5. The van der Waals surface area contributed by atoms with Gasteiger partial charge < -0.3 is 14.8 Å². The standard InChI is InChI=1S/C12H18N2O5/c1-8(15)6-12(2,3)7-13-11(16)9-4-5-10(19-9)14(17)18/h4-5,8,15H,6-7H2,1-3H3,(H,13,16). The summed E-state index contributed by atoms with van der Waals surface area (Å²) in [7, 11) is 0. The molecule has 0 spiro atoms. The third kappa shape index (κ3) is 4.70. The Balaban J connectivity index is 2.57. The van der Waals surface area contributed by atoms with Crippen LogP contribution in [-0.4, -0.2) is 28.6 Å². The zero-order valence-corrected chi connectivity index (χ0v) is 11.2. The first-order valence-electron chi connectivity index (χ1n) is 5.92. The van der Waals surface area contributed by atoms with Crippen molar-refractivity contribution >= 4 is 11.8 Å². The van der Waals surface area contributed by atoms with E-state index in [-0.39, 0.29) is 11.2 Å². The predicted molar refractivity (Wildman–Crippen MR) is 67.8 cm³/mol. The fourth-order valence-corrected chi connectivity index (χ4v) is 1.83. The third-order valence-corrected chi connectivity index (χ3v) is 2.57. The van der Waals surface area contributed by atoms with Gasteiger partial charge in [-0.2, -0.15) is 0 Å². The van der Waals surface area contributed by atoms with Gasteiger partial charge in [-0.05, 0) is 24.8 Å². The summed E-state index contributed by atoms with van der Waals surface area (Å²) in [6.45, 7) is 5.83. The topological polar surface area (TPSA) is 106 Å². The van der Waals surface area contributed by atoms with Gasteiger partial charge in [0.15, 0.2) is 5.76 Å². The fourth-order valence-electron chi connectivity index (χ4n) is 1.83. The molecule has 7 nitrogen and oxygen atoms in total. The first-order valence-corrected chi connectivity index (χ1v) is 5.92. The molecule has 1 unspecified atom stereocenters. The van der Waals surface area contributed by atoms with Crippen molar-refractivity contribution in [1.29, 1.82) is 0 Å². The van der Waals surface area contributed by atoms with Crippen molar-refractivity contribution in [3.8, 4) is 0 Å². The summed E-state index contributed by atoms with van der Waals surface area (Å²) in [6.07, 6.45) is 0.0718.